The van der Waals surface area contributed by atoms with Gasteiger partial charge in [0.1, 0.15) is 0 Å². The maximum Gasteiger partial charge on any atom is 0.0936 e. The van der Waals surface area contributed by atoms with Crippen molar-refractivity contribution in [2.24, 2.45) is 5.41 Å². The van der Waals surface area contributed by atoms with Crippen molar-refractivity contribution in [1.29, 1.82) is 0 Å². The first-order valence-electron chi connectivity index (χ1n) is 4.56. The molecule has 1 unspecified atom stereocenters. The second-order valence-electron chi connectivity index (χ2n) is 4.29. The van der Waals surface area contributed by atoms with E-state index in [4.69, 9.17) is 4.74 Å². The largest absolute Gasteiger partial charge is 0.372 e. The zero-order valence-corrected chi connectivity index (χ0v) is 7.47. The SMILES string of the molecule is CCC1(C)CN(CC2CO2)C1. The van der Waals surface area contributed by atoms with Crippen molar-refractivity contribution >= 4 is 0 Å². The standard InChI is InChI=1S/C9H17NO/c1-3-9(2)6-10(7-9)4-8-5-11-8/h8H,3-7H2,1-2H3. The van der Waals surface area contributed by atoms with E-state index in [0.717, 1.165) is 6.61 Å². The third kappa shape index (κ3) is 1.57. The molecule has 1 atom stereocenters. The van der Waals surface area contributed by atoms with E-state index in [0.29, 0.717) is 11.5 Å². The Hall–Kier alpha value is -0.0800. The number of nitrogens with zero attached hydrogens (tertiary/aromatic N) is 1. The van der Waals surface area contributed by atoms with Gasteiger partial charge in [-0.1, -0.05) is 13.8 Å². The Morgan fingerprint density at radius 3 is 2.64 bits per heavy atom. The molecule has 2 saturated heterocycles. The molecular weight excluding hydrogens is 138 g/mol. The van der Waals surface area contributed by atoms with Crippen molar-refractivity contribution in [3.05, 3.63) is 0 Å². The normalized spacial score (nSPS) is 34.9. The number of ether oxygens (including phenoxy) is 1. The fourth-order valence-electron chi connectivity index (χ4n) is 1.85. The van der Waals surface area contributed by atoms with Crippen LogP contribution in [0, 0.1) is 5.41 Å². The molecular formula is C9H17NO. The van der Waals surface area contributed by atoms with Gasteiger partial charge >= 0.3 is 0 Å². The van der Waals surface area contributed by atoms with Gasteiger partial charge in [-0.2, -0.15) is 0 Å². The van der Waals surface area contributed by atoms with Crippen molar-refractivity contribution in [3.63, 3.8) is 0 Å². The first-order chi connectivity index (χ1) is 5.22. The van der Waals surface area contributed by atoms with E-state index >= 15 is 0 Å². The van der Waals surface area contributed by atoms with Crippen LogP contribution >= 0.6 is 0 Å². The topological polar surface area (TPSA) is 15.8 Å². The molecule has 0 spiro atoms. The lowest BCUT2D eigenvalue weighted by Gasteiger charge is -2.47. The summed E-state index contributed by atoms with van der Waals surface area (Å²) in [5.74, 6) is 0. The highest BCUT2D eigenvalue weighted by molar-refractivity contribution is 4.92. The van der Waals surface area contributed by atoms with Crippen molar-refractivity contribution < 1.29 is 4.74 Å². The molecule has 0 aromatic heterocycles. The van der Waals surface area contributed by atoms with E-state index in [2.05, 4.69) is 18.7 Å². The van der Waals surface area contributed by atoms with Crippen LogP contribution in [-0.4, -0.2) is 37.2 Å². The molecule has 2 aliphatic rings. The van der Waals surface area contributed by atoms with Gasteiger partial charge in [0.05, 0.1) is 12.7 Å². The molecule has 0 aromatic carbocycles. The Morgan fingerprint density at radius 1 is 1.55 bits per heavy atom. The van der Waals surface area contributed by atoms with Gasteiger partial charge in [0.2, 0.25) is 0 Å². The number of likely N-dealkylation sites (tertiary alicyclic amines) is 1. The maximum atomic E-state index is 5.18. The summed E-state index contributed by atoms with van der Waals surface area (Å²) in [5, 5.41) is 0. The number of rotatable bonds is 3. The molecule has 0 amide bonds. The first kappa shape index (κ1) is 7.56. The quantitative estimate of drug-likeness (QED) is 0.568. The van der Waals surface area contributed by atoms with Crippen molar-refractivity contribution in [3.8, 4) is 0 Å². The first-order valence-corrected chi connectivity index (χ1v) is 4.56. The molecule has 2 heteroatoms. The summed E-state index contributed by atoms with van der Waals surface area (Å²) in [6, 6.07) is 0. The molecule has 2 heterocycles. The van der Waals surface area contributed by atoms with E-state index in [-0.39, 0.29) is 0 Å². The zero-order chi connectivity index (χ0) is 7.90. The summed E-state index contributed by atoms with van der Waals surface area (Å²) >= 11 is 0. The van der Waals surface area contributed by atoms with E-state index in [1.165, 1.54) is 26.1 Å². The fourth-order valence-corrected chi connectivity index (χ4v) is 1.85. The minimum absolute atomic E-state index is 0.580. The van der Waals surface area contributed by atoms with Crippen LogP contribution in [0.4, 0.5) is 0 Å². The molecule has 0 aromatic rings. The Labute approximate surface area is 68.5 Å². The molecule has 11 heavy (non-hydrogen) atoms. The van der Waals surface area contributed by atoms with Crippen LogP contribution in [0.1, 0.15) is 20.3 Å². The predicted molar refractivity (Wildman–Crippen MR) is 44.6 cm³/mol. The second kappa shape index (κ2) is 2.46. The summed E-state index contributed by atoms with van der Waals surface area (Å²) in [6.07, 6.45) is 1.89. The zero-order valence-electron chi connectivity index (χ0n) is 7.47. The molecule has 0 saturated carbocycles. The van der Waals surface area contributed by atoms with Gasteiger partial charge in [0.25, 0.3) is 0 Å². The highest BCUT2D eigenvalue weighted by Gasteiger charge is 2.39. The van der Waals surface area contributed by atoms with Crippen molar-refractivity contribution in [2.75, 3.05) is 26.2 Å². The highest BCUT2D eigenvalue weighted by Crippen LogP contribution is 2.33. The molecule has 0 aliphatic carbocycles. The van der Waals surface area contributed by atoms with Crippen LogP contribution in [0.15, 0.2) is 0 Å². The Kier molecular flexibility index (Phi) is 1.69. The number of epoxide rings is 1. The average Bonchev–Trinajstić information content (AvgIpc) is 2.68. The highest BCUT2D eigenvalue weighted by atomic mass is 16.6. The van der Waals surface area contributed by atoms with Gasteiger partial charge in [-0.3, -0.25) is 4.90 Å². The molecule has 2 nitrogen and oxygen atoms in total. The molecule has 2 aliphatic heterocycles. The van der Waals surface area contributed by atoms with E-state index < -0.39 is 0 Å². The van der Waals surface area contributed by atoms with Crippen LogP contribution in [-0.2, 0) is 4.74 Å². The summed E-state index contributed by atoms with van der Waals surface area (Å²) in [7, 11) is 0. The average molecular weight is 155 g/mol. The van der Waals surface area contributed by atoms with E-state index in [9.17, 15) is 0 Å². The molecule has 2 rings (SSSR count). The molecule has 0 radical (unpaired) electrons. The summed E-state index contributed by atoms with van der Waals surface area (Å²) in [4.78, 5) is 2.50. The number of hydrogen-bond donors (Lipinski definition) is 0. The summed E-state index contributed by atoms with van der Waals surface area (Å²) in [6.45, 7) is 9.39. The molecule has 0 N–H and O–H groups in total. The van der Waals surface area contributed by atoms with Gasteiger partial charge in [0, 0.05) is 19.6 Å². The summed E-state index contributed by atoms with van der Waals surface area (Å²) < 4.78 is 5.18. The minimum atomic E-state index is 0.580. The molecule has 2 fully saturated rings. The lowest BCUT2D eigenvalue weighted by atomic mass is 9.79. The fraction of sp³-hybridized carbons (Fsp3) is 1.00. The minimum Gasteiger partial charge on any atom is -0.372 e. The third-order valence-corrected chi connectivity index (χ3v) is 2.93. The lowest BCUT2D eigenvalue weighted by molar-refractivity contribution is 0.00833. The van der Waals surface area contributed by atoms with Crippen molar-refractivity contribution in [2.45, 2.75) is 26.4 Å². The van der Waals surface area contributed by atoms with E-state index in [1.807, 2.05) is 0 Å². The maximum absolute atomic E-state index is 5.18. The Balaban J connectivity index is 1.69. The van der Waals surface area contributed by atoms with Crippen LogP contribution < -0.4 is 0 Å². The Bertz CT molecular complexity index is 148. The number of hydrogen-bond acceptors (Lipinski definition) is 2. The van der Waals surface area contributed by atoms with Gasteiger partial charge in [-0.05, 0) is 11.8 Å². The smallest absolute Gasteiger partial charge is 0.0936 e. The summed E-state index contributed by atoms with van der Waals surface area (Å²) in [5.41, 5.74) is 0.620. The van der Waals surface area contributed by atoms with Crippen LogP contribution in [0.2, 0.25) is 0 Å². The Morgan fingerprint density at radius 2 is 2.18 bits per heavy atom. The van der Waals surface area contributed by atoms with Crippen LogP contribution in [0.5, 0.6) is 0 Å². The monoisotopic (exact) mass is 155 g/mol. The molecule has 0 bridgehead atoms. The predicted octanol–water partition coefficient (Wildman–Crippen LogP) is 1.12. The van der Waals surface area contributed by atoms with Gasteiger partial charge in [-0.25, -0.2) is 0 Å². The van der Waals surface area contributed by atoms with E-state index in [1.54, 1.807) is 0 Å². The van der Waals surface area contributed by atoms with Crippen LogP contribution in [0.25, 0.3) is 0 Å². The molecule has 64 valence electrons. The lowest BCUT2D eigenvalue weighted by Crippen LogP contribution is -2.55. The van der Waals surface area contributed by atoms with Gasteiger partial charge in [0.15, 0.2) is 0 Å². The van der Waals surface area contributed by atoms with Gasteiger partial charge < -0.3 is 4.74 Å². The second-order valence-corrected chi connectivity index (χ2v) is 4.29. The van der Waals surface area contributed by atoms with Crippen LogP contribution in [0.3, 0.4) is 0 Å². The third-order valence-electron chi connectivity index (χ3n) is 2.93. The van der Waals surface area contributed by atoms with Gasteiger partial charge in [-0.15, -0.1) is 0 Å². The van der Waals surface area contributed by atoms with Crippen molar-refractivity contribution in [1.82, 2.24) is 4.90 Å².